The molecule has 0 saturated carbocycles. The zero-order valence-electron chi connectivity index (χ0n) is 7.06. The molecule has 0 aromatic carbocycles. The van der Waals surface area contributed by atoms with Crippen molar-refractivity contribution < 1.29 is 24.6 Å². The minimum atomic E-state index is -1.19. The summed E-state index contributed by atoms with van der Waals surface area (Å²) in [6.07, 6.45) is 0. The smallest absolute Gasteiger partial charge is 0.332 e. The van der Waals surface area contributed by atoms with E-state index in [0.717, 1.165) is 5.01 Å². The van der Waals surface area contributed by atoms with Crippen LogP contribution in [0.15, 0.2) is 0 Å². The minimum absolute atomic E-state index is 0.0409. The summed E-state index contributed by atoms with van der Waals surface area (Å²) in [5, 5.41) is 20.0. The lowest BCUT2D eigenvalue weighted by atomic mass is 10.3. The van der Waals surface area contributed by atoms with Crippen LogP contribution in [0.5, 0.6) is 0 Å². The Morgan fingerprint density at radius 1 is 1.57 bits per heavy atom. The van der Waals surface area contributed by atoms with Gasteiger partial charge in [0.25, 0.3) is 0 Å². The number of carbonyl (C=O) groups excluding carboxylic acids is 1. The second kappa shape index (κ2) is 3.92. The Bertz CT molecular complexity index is 279. The molecule has 8 heteroatoms. The van der Waals surface area contributed by atoms with Gasteiger partial charge in [-0.3, -0.25) is 4.79 Å². The van der Waals surface area contributed by atoms with Gasteiger partial charge < -0.3 is 15.5 Å². The number of hydrogen-bond acceptors (Lipinski definition) is 4. The Hall–Kier alpha value is -1.83. The van der Waals surface area contributed by atoms with Gasteiger partial charge in [0.05, 0.1) is 6.54 Å². The van der Waals surface area contributed by atoms with Crippen LogP contribution in [0.4, 0.5) is 4.79 Å². The summed E-state index contributed by atoms with van der Waals surface area (Å²) in [4.78, 5) is 31.7. The lowest BCUT2D eigenvalue weighted by Gasteiger charge is -2.19. The summed E-state index contributed by atoms with van der Waals surface area (Å²) < 4.78 is 0. The normalized spacial score (nSPS) is 20.7. The Morgan fingerprint density at radius 3 is 2.71 bits per heavy atom. The molecule has 1 aliphatic rings. The molecule has 1 unspecified atom stereocenters. The zero-order chi connectivity index (χ0) is 10.7. The zero-order valence-corrected chi connectivity index (χ0v) is 7.06. The first-order valence-electron chi connectivity index (χ1n) is 3.77. The molecule has 8 nitrogen and oxygen atoms in total. The second-order valence-corrected chi connectivity index (χ2v) is 2.64. The van der Waals surface area contributed by atoms with Crippen molar-refractivity contribution in [2.75, 3.05) is 13.1 Å². The van der Waals surface area contributed by atoms with Gasteiger partial charge in [-0.1, -0.05) is 0 Å². The van der Waals surface area contributed by atoms with E-state index in [1.165, 1.54) is 0 Å². The van der Waals surface area contributed by atoms with Crippen LogP contribution in [-0.4, -0.2) is 52.3 Å². The number of hydrazine groups is 1. The molecule has 78 valence electrons. The maximum Gasteiger partial charge on any atom is 0.332 e. The van der Waals surface area contributed by atoms with Gasteiger partial charge in [0, 0.05) is 0 Å². The van der Waals surface area contributed by atoms with Crippen molar-refractivity contribution in [1.29, 1.82) is 0 Å². The fourth-order valence-electron chi connectivity index (χ4n) is 1.03. The van der Waals surface area contributed by atoms with Crippen LogP contribution < -0.4 is 10.7 Å². The van der Waals surface area contributed by atoms with Crippen molar-refractivity contribution in [3.8, 4) is 0 Å². The number of amides is 2. The highest BCUT2D eigenvalue weighted by atomic mass is 16.4. The van der Waals surface area contributed by atoms with Crippen molar-refractivity contribution in [2.24, 2.45) is 0 Å². The van der Waals surface area contributed by atoms with Crippen LogP contribution >= 0.6 is 0 Å². The van der Waals surface area contributed by atoms with Crippen molar-refractivity contribution >= 4 is 18.0 Å². The summed E-state index contributed by atoms with van der Waals surface area (Å²) >= 11 is 0. The minimum Gasteiger partial charge on any atom is -0.480 e. The van der Waals surface area contributed by atoms with Crippen LogP contribution in [0, 0.1) is 0 Å². The number of hydrogen-bond donors (Lipinski definition) is 4. The fraction of sp³-hybridized carbons (Fsp3) is 0.500. The largest absolute Gasteiger partial charge is 0.480 e. The van der Waals surface area contributed by atoms with E-state index in [-0.39, 0.29) is 6.54 Å². The molecule has 0 aromatic rings. The molecule has 1 heterocycles. The highest BCUT2D eigenvalue weighted by molar-refractivity contribution is 5.86. The third-order valence-corrected chi connectivity index (χ3v) is 1.66. The topological polar surface area (TPSA) is 119 Å². The highest BCUT2D eigenvalue weighted by Crippen LogP contribution is 2.03. The monoisotopic (exact) mass is 203 g/mol. The Kier molecular flexibility index (Phi) is 2.87. The van der Waals surface area contributed by atoms with Gasteiger partial charge in [-0.15, -0.1) is 0 Å². The first-order chi connectivity index (χ1) is 6.52. The maximum atomic E-state index is 11.0. The quantitative estimate of drug-likeness (QED) is 0.422. The van der Waals surface area contributed by atoms with Crippen LogP contribution in [0.25, 0.3) is 0 Å². The first kappa shape index (κ1) is 10.3. The number of nitrogens with one attached hydrogen (secondary N) is 2. The van der Waals surface area contributed by atoms with Gasteiger partial charge in [0.2, 0.25) is 0 Å². The van der Waals surface area contributed by atoms with E-state index in [1.807, 2.05) is 0 Å². The predicted octanol–water partition coefficient (Wildman–Crippen LogP) is -1.95. The van der Waals surface area contributed by atoms with Crippen LogP contribution in [0.2, 0.25) is 0 Å². The van der Waals surface area contributed by atoms with Crippen molar-refractivity contribution in [3.63, 3.8) is 0 Å². The van der Waals surface area contributed by atoms with Crippen LogP contribution in [0.1, 0.15) is 0 Å². The second-order valence-electron chi connectivity index (χ2n) is 2.64. The molecule has 0 radical (unpaired) electrons. The molecule has 4 N–H and O–H groups in total. The number of urea groups is 1. The number of nitrogens with zero attached hydrogens (tertiary/aromatic N) is 1. The molecular weight excluding hydrogens is 194 g/mol. The summed E-state index contributed by atoms with van der Waals surface area (Å²) in [5.74, 6) is -2.37. The number of carbonyl (C=O) groups is 3. The third kappa shape index (κ3) is 2.10. The van der Waals surface area contributed by atoms with E-state index >= 15 is 0 Å². The van der Waals surface area contributed by atoms with Gasteiger partial charge in [0.15, 0.2) is 6.04 Å². The fourth-order valence-corrected chi connectivity index (χ4v) is 1.03. The highest BCUT2D eigenvalue weighted by Gasteiger charge is 2.36. The molecule has 0 spiro atoms. The molecular formula is C6H9N3O5. The molecule has 1 fully saturated rings. The van der Waals surface area contributed by atoms with Gasteiger partial charge >= 0.3 is 18.0 Å². The summed E-state index contributed by atoms with van der Waals surface area (Å²) in [7, 11) is 0. The molecule has 2 amide bonds. The molecule has 0 bridgehead atoms. The van der Waals surface area contributed by atoms with Gasteiger partial charge in [-0.05, 0) is 0 Å². The van der Waals surface area contributed by atoms with Crippen molar-refractivity contribution in [2.45, 2.75) is 6.04 Å². The van der Waals surface area contributed by atoms with Gasteiger partial charge in [-0.2, -0.15) is 0 Å². The summed E-state index contributed by atoms with van der Waals surface area (Å²) in [6, 6.07) is -1.71. The number of carboxylic acids is 2. The molecule has 1 rings (SSSR count). The number of rotatable bonds is 4. The third-order valence-electron chi connectivity index (χ3n) is 1.66. The average Bonchev–Trinajstić information content (AvgIpc) is 2.43. The van der Waals surface area contributed by atoms with E-state index in [9.17, 15) is 14.4 Å². The average molecular weight is 203 g/mol. The van der Waals surface area contributed by atoms with E-state index in [2.05, 4.69) is 10.7 Å². The number of aliphatic carboxylic acids is 2. The van der Waals surface area contributed by atoms with E-state index in [1.54, 1.807) is 0 Å². The summed E-state index contributed by atoms with van der Waals surface area (Å²) in [6.45, 7) is -0.544. The summed E-state index contributed by atoms with van der Waals surface area (Å²) in [5.41, 5.74) is 2.20. The van der Waals surface area contributed by atoms with Gasteiger partial charge in [-0.25, -0.2) is 20.0 Å². The van der Waals surface area contributed by atoms with Crippen molar-refractivity contribution in [3.05, 3.63) is 0 Å². The Balaban J connectivity index is 2.58. The maximum absolute atomic E-state index is 11.0. The van der Waals surface area contributed by atoms with E-state index < -0.39 is 30.6 Å². The first-order valence-corrected chi connectivity index (χ1v) is 3.77. The molecule has 1 saturated heterocycles. The van der Waals surface area contributed by atoms with Crippen molar-refractivity contribution in [1.82, 2.24) is 15.8 Å². The molecule has 1 atom stereocenters. The molecule has 14 heavy (non-hydrogen) atoms. The SMILES string of the molecule is O=C(O)CNN1C(=O)NCC1C(=O)O. The number of carboxylic acid groups (broad SMARTS) is 2. The van der Waals surface area contributed by atoms with Gasteiger partial charge in [0.1, 0.15) is 6.54 Å². The lowest BCUT2D eigenvalue weighted by molar-refractivity contribution is -0.143. The molecule has 0 aliphatic carbocycles. The van der Waals surface area contributed by atoms with Crippen LogP contribution in [0.3, 0.4) is 0 Å². The molecule has 1 aliphatic heterocycles. The molecule has 0 aromatic heterocycles. The standard InChI is InChI=1S/C6H9N3O5/c10-4(11)2-8-9-3(5(12)13)1-7-6(9)14/h3,8H,1-2H2,(H,7,14)(H,10,11)(H,12,13). The Labute approximate surface area is 78.5 Å². The van der Waals surface area contributed by atoms with E-state index in [0.29, 0.717) is 0 Å². The van der Waals surface area contributed by atoms with E-state index in [4.69, 9.17) is 10.2 Å². The predicted molar refractivity (Wildman–Crippen MR) is 42.3 cm³/mol. The lowest BCUT2D eigenvalue weighted by Crippen LogP contribution is -2.50. The van der Waals surface area contributed by atoms with Crippen LogP contribution in [-0.2, 0) is 9.59 Å². The Morgan fingerprint density at radius 2 is 2.21 bits per heavy atom.